The standard InChI is InChI=1S/C17H16F3N3O2S/c18-17(19,20)16(25)23-14-6-9-5-8(1-4-13(9)26-14)15(24)22-12-7-10-2-3-11(12)21-10/h1,4-6,10-12,21H,2-3,7H2,(H,22,24)(H,23,25)/t10-,11+,12-/m1/s1. The Bertz CT molecular complexity index is 880. The molecule has 0 spiro atoms. The number of amides is 2. The van der Waals surface area contributed by atoms with Crippen LogP contribution in [-0.2, 0) is 4.79 Å². The van der Waals surface area contributed by atoms with E-state index in [1.165, 1.54) is 6.07 Å². The molecule has 5 nitrogen and oxygen atoms in total. The molecule has 3 atom stereocenters. The maximum Gasteiger partial charge on any atom is 0.471 e. The zero-order chi connectivity index (χ0) is 18.5. The number of nitrogens with one attached hydrogen (secondary N) is 3. The van der Waals surface area contributed by atoms with Crippen LogP contribution in [0.15, 0.2) is 24.3 Å². The van der Waals surface area contributed by atoms with Crippen LogP contribution in [0.25, 0.3) is 10.1 Å². The van der Waals surface area contributed by atoms with Crippen molar-refractivity contribution in [3.63, 3.8) is 0 Å². The third-order valence-corrected chi connectivity index (χ3v) is 5.92. The topological polar surface area (TPSA) is 70.2 Å². The fourth-order valence-corrected chi connectivity index (χ4v) is 4.60. The Hall–Kier alpha value is -2.13. The molecule has 4 rings (SSSR count). The van der Waals surface area contributed by atoms with Crippen molar-refractivity contribution in [1.82, 2.24) is 10.6 Å². The normalized spacial score (nSPS) is 24.8. The third kappa shape index (κ3) is 3.28. The van der Waals surface area contributed by atoms with Gasteiger partial charge in [0, 0.05) is 28.4 Å². The second-order valence-corrected chi connectivity index (χ2v) is 7.76. The first-order chi connectivity index (χ1) is 12.3. The van der Waals surface area contributed by atoms with E-state index in [-0.39, 0.29) is 17.0 Å². The van der Waals surface area contributed by atoms with Gasteiger partial charge >= 0.3 is 12.1 Å². The number of fused-ring (bicyclic) bond motifs is 3. The number of rotatable bonds is 3. The lowest BCUT2D eigenvalue weighted by atomic mass is 9.95. The molecule has 2 aliphatic heterocycles. The van der Waals surface area contributed by atoms with Crippen molar-refractivity contribution < 1.29 is 22.8 Å². The fraction of sp³-hybridized carbons (Fsp3) is 0.412. The van der Waals surface area contributed by atoms with Gasteiger partial charge in [0.1, 0.15) is 0 Å². The number of halogens is 3. The second kappa shape index (κ2) is 6.24. The molecular weight excluding hydrogens is 367 g/mol. The minimum atomic E-state index is -4.93. The summed E-state index contributed by atoms with van der Waals surface area (Å²) in [6, 6.07) is 7.30. The Balaban J connectivity index is 1.48. The number of carbonyl (C=O) groups is 2. The van der Waals surface area contributed by atoms with Gasteiger partial charge in [0.05, 0.1) is 5.00 Å². The highest BCUT2D eigenvalue weighted by Crippen LogP contribution is 2.32. The van der Waals surface area contributed by atoms with Crippen LogP contribution in [0.3, 0.4) is 0 Å². The molecule has 2 fully saturated rings. The molecule has 1 aromatic heterocycles. The molecule has 3 N–H and O–H groups in total. The van der Waals surface area contributed by atoms with Gasteiger partial charge in [-0.1, -0.05) is 0 Å². The molecule has 26 heavy (non-hydrogen) atoms. The van der Waals surface area contributed by atoms with E-state index < -0.39 is 12.1 Å². The molecular formula is C17H16F3N3O2S. The van der Waals surface area contributed by atoms with E-state index in [9.17, 15) is 22.8 Å². The smallest absolute Gasteiger partial charge is 0.348 e. The van der Waals surface area contributed by atoms with E-state index in [0.717, 1.165) is 30.6 Å². The molecule has 3 heterocycles. The minimum Gasteiger partial charge on any atom is -0.348 e. The Morgan fingerprint density at radius 1 is 1.19 bits per heavy atom. The Morgan fingerprint density at radius 3 is 2.65 bits per heavy atom. The Labute approximate surface area is 150 Å². The molecule has 0 unspecified atom stereocenters. The van der Waals surface area contributed by atoms with Gasteiger partial charge in [-0.15, -0.1) is 11.3 Å². The monoisotopic (exact) mass is 383 g/mol. The summed E-state index contributed by atoms with van der Waals surface area (Å²) in [5.41, 5.74) is 0.451. The van der Waals surface area contributed by atoms with Crippen LogP contribution in [-0.4, -0.2) is 36.1 Å². The molecule has 0 radical (unpaired) electrons. The summed E-state index contributed by atoms with van der Waals surface area (Å²) in [6.45, 7) is 0. The lowest BCUT2D eigenvalue weighted by Crippen LogP contribution is -2.42. The molecule has 2 aliphatic rings. The van der Waals surface area contributed by atoms with Gasteiger partial charge < -0.3 is 16.0 Å². The van der Waals surface area contributed by atoms with E-state index in [2.05, 4.69) is 10.6 Å². The highest BCUT2D eigenvalue weighted by Gasteiger charge is 2.40. The Kier molecular flexibility index (Phi) is 4.15. The van der Waals surface area contributed by atoms with Crippen LogP contribution >= 0.6 is 11.3 Å². The van der Waals surface area contributed by atoms with Gasteiger partial charge in [-0.3, -0.25) is 9.59 Å². The molecule has 2 saturated heterocycles. The number of alkyl halides is 3. The van der Waals surface area contributed by atoms with E-state index in [1.807, 2.05) is 5.32 Å². The van der Waals surface area contributed by atoms with Crippen molar-refractivity contribution in [2.45, 2.75) is 43.6 Å². The fourth-order valence-electron chi connectivity index (χ4n) is 3.66. The predicted molar refractivity (Wildman–Crippen MR) is 92.3 cm³/mol. The molecule has 9 heteroatoms. The van der Waals surface area contributed by atoms with Crippen LogP contribution in [0.1, 0.15) is 29.6 Å². The highest BCUT2D eigenvalue weighted by molar-refractivity contribution is 7.23. The van der Waals surface area contributed by atoms with E-state index in [1.54, 1.807) is 18.2 Å². The van der Waals surface area contributed by atoms with Crippen LogP contribution < -0.4 is 16.0 Å². The van der Waals surface area contributed by atoms with Crippen LogP contribution in [0, 0.1) is 0 Å². The number of thiophene rings is 1. The summed E-state index contributed by atoms with van der Waals surface area (Å²) in [5, 5.41) is 9.04. The number of hydrogen-bond donors (Lipinski definition) is 3. The molecule has 2 aromatic rings. The van der Waals surface area contributed by atoms with Gasteiger partial charge in [0.2, 0.25) is 0 Å². The zero-order valence-corrected chi connectivity index (χ0v) is 14.3. The van der Waals surface area contributed by atoms with Crippen molar-refractivity contribution in [3.05, 3.63) is 29.8 Å². The largest absolute Gasteiger partial charge is 0.471 e. The first kappa shape index (κ1) is 17.3. The lowest BCUT2D eigenvalue weighted by Gasteiger charge is -2.21. The highest BCUT2D eigenvalue weighted by atomic mass is 32.1. The average Bonchev–Trinajstić information content (AvgIpc) is 3.27. The molecule has 138 valence electrons. The molecule has 0 aliphatic carbocycles. The maximum atomic E-state index is 12.5. The summed E-state index contributed by atoms with van der Waals surface area (Å²) in [6.07, 6.45) is -1.81. The lowest BCUT2D eigenvalue weighted by molar-refractivity contribution is -0.167. The first-order valence-corrected chi connectivity index (χ1v) is 9.10. The quantitative estimate of drug-likeness (QED) is 0.763. The van der Waals surface area contributed by atoms with Gasteiger partial charge in [0.15, 0.2) is 0 Å². The third-order valence-electron chi connectivity index (χ3n) is 4.89. The second-order valence-electron chi connectivity index (χ2n) is 6.68. The zero-order valence-electron chi connectivity index (χ0n) is 13.5. The van der Waals surface area contributed by atoms with Crippen molar-refractivity contribution in [1.29, 1.82) is 0 Å². The van der Waals surface area contributed by atoms with E-state index in [0.29, 0.717) is 27.7 Å². The van der Waals surface area contributed by atoms with Gasteiger partial charge in [-0.05, 0) is 48.9 Å². The summed E-state index contributed by atoms with van der Waals surface area (Å²) in [4.78, 5) is 23.5. The average molecular weight is 383 g/mol. The van der Waals surface area contributed by atoms with Crippen molar-refractivity contribution in [2.75, 3.05) is 5.32 Å². The molecule has 1 aromatic carbocycles. The SMILES string of the molecule is O=C(N[C@@H]1C[C@H]2CC[C@@H]1N2)c1ccc2sc(NC(=O)C(F)(F)F)cc2c1. The summed E-state index contributed by atoms with van der Waals surface area (Å²) < 4.78 is 37.8. The van der Waals surface area contributed by atoms with Crippen molar-refractivity contribution in [3.8, 4) is 0 Å². The summed E-state index contributed by atoms with van der Waals surface area (Å²) in [7, 11) is 0. The summed E-state index contributed by atoms with van der Waals surface area (Å²) >= 11 is 1.03. The van der Waals surface area contributed by atoms with E-state index in [4.69, 9.17) is 0 Å². The number of anilines is 1. The van der Waals surface area contributed by atoms with Gasteiger partial charge in [0.25, 0.3) is 5.91 Å². The van der Waals surface area contributed by atoms with Crippen LogP contribution in [0.2, 0.25) is 0 Å². The summed E-state index contributed by atoms with van der Waals surface area (Å²) in [5.74, 6) is -2.20. The van der Waals surface area contributed by atoms with Crippen molar-refractivity contribution in [2.24, 2.45) is 0 Å². The maximum absolute atomic E-state index is 12.5. The minimum absolute atomic E-state index is 0.0946. The van der Waals surface area contributed by atoms with Crippen molar-refractivity contribution >= 4 is 38.2 Å². The predicted octanol–water partition coefficient (Wildman–Crippen LogP) is 3.02. The number of carbonyl (C=O) groups excluding carboxylic acids is 2. The van der Waals surface area contributed by atoms with E-state index >= 15 is 0 Å². The van der Waals surface area contributed by atoms with Gasteiger partial charge in [-0.25, -0.2) is 0 Å². The Morgan fingerprint density at radius 2 is 2.00 bits per heavy atom. The van der Waals surface area contributed by atoms with Crippen LogP contribution in [0.4, 0.5) is 18.2 Å². The number of benzene rings is 1. The number of hydrogen-bond acceptors (Lipinski definition) is 4. The first-order valence-electron chi connectivity index (χ1n) is 8.28. The molecule has 2 bridgehead atoms. The molecule has 2 amide bonds. The van der Waals surface area contributed by atoms with Crippen LogP contribution in [0.5, 0.6) is 0 Å². The van der Waals surface area contributed by atoms with Gasteiger partial charge in [-0.2, -0.15) is 13.2 Å². The molecule has 0 saturated carbocycles.